The van der Waals surface area contributed by atoms with E-state index in [1.165, 1.54) is 0 Å². The van der Waals surface area contributed by atoms with Gasteiger partial charge in [0.1, 0.15) is 12.3 Å². The van der Waals surface area contributed by atoms with Gasteiger partial charge in [-0.25, -0.2) is 0 Å². The Balaban J connectivity index is 1.93. The third-order valence-corrected chi connectivity index (χ3v) is 4.09. The first kappa shape index (κ1) is 17.8. The minimum absolute atomic E-state index is 0.0363. The highest BCUT2D eigenvalue weighted by Gasteiger charge is 2.14. The van der Waals surface area contributed by atoms with Crippen molar-refractivity contribution in [1.82, 2.24) is 0 Å². The molecule has 4 nitrogen and oxygen atoms in total. The summed E-state index contributed by atoms with van der Waals surface area (Å²) in [5.41, 5.74) is 1.76. The van der Waals surface area contributed by atoms with Crippen molar-refractivity contribution >= 4 is 39.1 Å². The molecule has 2 rings (SSSR count). The summed E-state index contributed by atoms with van der Waals surface area (Å²) in [5.74, 6) is 0.743. The van der Waals surface area contributed by atoms with Gasteiger partial charge in [-0.1, -0.05) is 27.5 Å². The molecule has 0 saturated heterocycles. The number of ether oxygens (including phenoxy) is 1. The highest BCUT2D eigenvalue weighted by molar-refractivity contribution is 9.10. The lowest BCUT2D eigenvalue weighted by Gasteiger charge is -2.16. The van der Waals surface area contributed by atoms with Crippen LogP contribution in [0, 0.1) is 0 Å². The van der Waals surface area contributed by atoms with Crippen molar-refractivity contribution in [2.75, 3.05) is 26.0 Å². The Bertz CT molecular complexity index is 677. The van der Waals surface area contributed by atoms with Crippen LogP contribution in [0.25, 0.3) is 0 Å². The van der Waals surface area contributed by atoms with E-state index in [9.17, 15) is 4.79 Å². The smallest absolute Gasteiger partial charge is 0.279 e. The van der Waals surface area contributed by atoms with Crippen molar-refractivity contribution in [1.29, 1.82) is 0 Å². The minimum atomic E-state index is -0.0363. The molecule has 0 aliphatic carbocycles. The molecule has 0 spiro atoms. The third kappa shape index (κ3) is 5.53. The molecule has 0 radical (unpaired) electrons. The molecule has 6 heteroatoms. The van der Waals surface area contributed by atoms with Crippen molar-refractivity contribution in [3.8, 4) is 5.75 Å². The van der Waals surface area contributed by atoms with Gasteiger partial charge in [0, 0.05) is 20.7 Å². The summed E-state index contributed by atoms with van der Waals surface area (Å²) >= 11 is 9.40. The van der Waals surface area contributed by atoms with Crippen LogP contribution in [0.15, 0.2) is 46.9 Å². The second kappa shape index (κ2) is 8.34. The van der Waals surface area contributed by atoms with Crippen LogP contribution in [-0.4, -0.2) is 26.6 Å². The summed E-state index contributed by atoms with van der Waals surface area (Å²) in [4.78, 5) is 13.2. The van der Waals surface area contributed by atoms with E-state index in [4.69, 9.17) is 16.3 Å². The molecule has 0 aliphatic heterocycles. The van der Waals surface area contributed by atoms with E-state index in [1.807, 2.05) is 43.4 Å². The quantitative estimate of drug-likeness (QED) is 0.786. The zero-order valence-corrected chi connectivity index (χ0v) is 15.4. The van der Waals surface area contributed by atoms with Crippen molar-refractivity contribution in [2.24, 2.45) is 0 Å². The molecule has 0 saturated carbocycles. The molecule has 2 N–H and O–H groups in total. The number of quaternary nitrogens is 1. The van der Waals surface area contributed by atoms with E-state index in [0.717, 1.165) is 26.4 Å². The number of carbonyl (C=O) groups is 1. The predicted molar refractivity (Wildman–Crippen MR) is 96.2 cm³/mol. The van der Waals surface area contributed by atoms with Gasteiger partial charge >= 0.3 is 0 Å². The molecule has 23 heavy (non-hydrogen) atoms. The van der Waals surface area contributed by atoms with Crippen molar-refractivity contribution in [2.45, 2.75) is 6.54 Å². The summed E-state index contributed by atoms with van der Waals surface area (Å²) in [7, 11) is 3.59. The van der Waals surface area contributed by atoms with Crippen LogP contribution in [0.3, 0.4) is 0 Å². The van der Waals surface area contributed by atoms with Crippen molar-refractivity contribution in [3.05, 3.63) is 57.5 Å². The number of hydrogen-bond acceptors (Lipinski definition) is 2. The predicted octanol–water partition coefficient (Wildman–Crippen LogP) is 2.76. The molecular formula is C17H19BrClN2O2+. The first-order valence-electron chi connectivity index (χ1n) is 7.17. The fraction of sp³-hybridized carbons (Fsp3) is 0.235. The number of carbonyl (C=O) groups excluding carboxylic acids is 1. The first-order chi connectivity index (χ1) is 11.0. The van der Waals surface area contributed by atoms with Crippen LogP contribution in [0.1, 0.15) is 5.56 Å². The van der Waals surface area contributed by atoms with Crippen LogP contribution >= 0.6 is 27.5 Å². The van der Waals surface area contributed by atoms with Gasteiger partial charge in [0.05, 0.1) is 14.2 Å². The second-order valence-corrected chi connectivity index (χ2v) is 6.67. The number of halogens is 2. The summed E-state index contributed by atoms with van der Waals surface area (Å²) in [6.45, 7) is 1.00. The number of rotatable bonds is 6. The number of hydrogen-bond donors (Lipinski definition) is 2. The molecule has 0 bridgehead atoms. The monoisotopic (exact) mass is 397 g/mol. The fourth-order valence-electron chi connectivity index (χ4n) is 2.29. The molecule has 1 amide bonds. The van der Waals surface area contributed by atoms with Gasteiger partial charge in [0.25, 0.3) is 5.91 Å². The zero-order valence-electron chi connectivity index (χ0n) is 13.0. The maximum absolute atomic E-state index is 12.1. The Kier molecular flexibility index (Phi) is 6.45. The van der Waals surface area contributed by atoms with Gasteiger partial charge in [0.15, 0.2) is 6.54 Å². The highest BCUT2D eigenvalue weighted by atomic mass is 79.9. The lowest BCUT2D eigenvalue weighted by Crippen LogP contribution is -3.08. The first-order valence-corrected chi connectivity index (χ1v) is 8.34. The van der Waals surface area contributed by atoms with E-state index in [0.29, 0.717) is 18.1 Å². The number of anilines is 1. The Morgan fingerprint density at radius 1 is 1.26 bits per heavy atom. The molecule has 0 aromatic heterocycles. The van der Waals surface area contributed by atoms with Crippen LogP contribution in [-0.2, 0) is 11.3 Å². The van der Waals surface area contributed by atoms with E-state index in [1.54, 1.807) is 13.2 Å². The molecule has 0 aliphatic rings. The van der Waals surface area contributed by atoms with Gasteiger partial charge in [0.2, 0.25) is 0 Å². The average molecular weight is 399 g/mol. The molecular weight excluding hydrogens is 380 g/mol. The number of nitrogens with one attached hydrogen (secondary N) is 2. The van der Waals surface area contributed by atoms with Crippen molar-refractivity contribution < 1.29 is 14.4 Å². The molecule has 0 fully saturated rings. The van der Waals surface area contributed by atoms with Gasteiger partial charge in [-0.05, 0) is 42.5 Å². The summed E-state index contributed by atoms with van der Waals surface area (Å²) in [6, 6.07) is 13.0. The topological polar surface area (TPSA) is 42.8 Å². The number of amides is 1. The van der Waals surface area contributed by atoms with E-state index in [-0.39, 0.29) is 5.91 Å². The molecule has 1 unspecified atom stereocenters. The Morgan fingerprint density at radius 3 is 2.61 bits per heavy atom. The Labute approximate surface area is 149 Å². The van der Waals surface area contributed by atoms with Gasteiger partial charge in [-0.15, -0.1) is 0 Å². The van der Waals surface area contributed by atoms with Gasteiger partial charge in [-0.2, -0.15) is 0 Å². The fourth-order valence-corrected chi connectivity index (χ4v) is 2.74. The zero-order chi connectivity index (χ0) is 16.8. The number of benzene rings is 2. The molecule has 2 aromatic carbocycles. The maximum Gasteiger partial charge on any atom is 0.279 e. The summed E-state index contributed by atoms with van der Waals surface area (Å²) in [5, 5.41) is 3.55. The van der Waals surface area contributed by atoms with E-state index < -0.39 is 0 Å². The molecule has 1 atom stereocenters. The largest absolute Gasteiger partial charge is 0.496 e. The average Bonchev–Trinajstić information content (AvgIpc) is 2.49. The molecule has 122 valence electrons. The third-order valence-electron chi connectivity index (χ3n) is 3.32. The Hall–Kier alpha value is -1.56. The standard InChI is InChI=1S/C17H18BrClN2O2/c1-21(10-12-9-14(19)5-8-16(12)23-2)11-17(22)20-15-6-3-13(18)4-7-15/h3-9H,10-11H2,1-2H3,(H,20,22)/p+1. The summed E-state index contributed by atoms with van der Waals surface area (Å²) in [6.07, 6.45) is 0. The van der Waals surface area contributed by atoms with Crippen LogP contribution in [0.2, 0.25) is 5.02 Å². The van der Waals surface area contributed by atoms with E-state index in [2.05, 4.69) is 21.2 Å². The van der Waals surface area contributed by atoms with Crippen LogP contribution < -0.4 is 15.0 Å². The van der Waals surface area contributed by atoms with Crippen LogP contribution in [0.5, 0.6) is 5.75 Å². The molecule has 2 aromatic rings. The van der Waals surface area contributed by atoms with Crippen molar-refractivity contribution in [3.63, 3.8) is 0 Å². The SMILES string of the molecule is COc1ccc(Cl)cc1C[NH+](C)CC(=O)Nc1ccc(Br)cc1. The van der Waals surface area contributed by atoms with Gasteiger partial charge in [-0.3, -0.25) is 4.79 Å². The van der Waals surface area contributed by atoms with Gasteiger partial charge < -0.3 is 15.0 Å². The summed E-state index contributed by atoms with van der Waals surface area (Å²) < 4.78 is 6.31. The van der Waals surface area contributed by atoms with E-state index >= 15 is 0 Å². The highest BCUT2D eigenvalue weighted by Crippen LogP contribution is 2.21. The lowest BCUT2D eigenvalue weighted by atomic mass is 10.2. The molecule has 0 heterocycles. The minimum Gasteiger partial charge on any atom is -0.496 e. The second-order valence-electron chi connectivity index (χ2n) is 5.32. The normalized spacial score (nSPS) is 11.8. The number of likely N-dealkylation sites (N-methyl/N-ethyl adjacent to an activating group) is 1. The Morgan fingerprint density at radius 2 is 1.96 bits per heavy atom. The lowest BCUT2D eigenvalue weighted by molar-refractivity contribution is -0.885. The maximum atomic E-state index is 12.1. The number of methoxy groups -OCH3 is 1. The van der Waals surface area contributed by atoms with Crippen LogP contribution in [0.4, 0.5) is 5.69 Å².